The molecule has 1 aliphatic carbocycles. The van der Waals surface area contributed by atoms with Crippen molar-refractivity contribution in [2.24, 2.45) is 5.92 Å². The monoisotopic (exact) mass is 299 g/mol. The van der Waals surface area contributed by atoms with Crippen LogP contribution < -0.4 is 4.90 Å². The molecule has 3 nitrogen and oxygen atoms in total. The van der Waals surface area contributed by atoms with Crippen molar-refractivity contribution < 1.29 is 0 Å². The van der Waals surface area contributed by atoms with Crippen molar-refractivity contribution in [1.29, 1.82) is 0 Å². The van der Waals surface area contributed by atoms with Crippen molar-refractivity contribution in [1.82, 2.24) is 9.97 Å². The van der Waals surface area contributed by atoms with E-state index in [4.69, 9.17) is 0 Å². The summed E-state index contributed by atoms with van der Waals surface area (Å²) in [6, 6.07) is 4.88. The van der Waals surface area contributed by atoms with Gasteiger partial charge >= 0.3 is 0 Å². The average Bonchev–Trinajstić information content (AvgIpc) is 3.09. The lowest BCUT2D eigenvalue weighted by atomic mass is 9.78. The van der Waals surface area contributed by atoms with Crippen LogP contribution in [-0.2, 0) is 0 Å². The highest BCUT2D eigenvalue weighted by Crippen LogP contribution is 2.36. The van der Waals surface area contributed by atoms with E-state index >= 15 is 0 Å². The van der Waals surface area contributed by atoms with Gasteiger partial charge in [0.15, 0.2) is 0 Å². The first-order valence-corrected chi connectivity index (χ1v) is 8.92. The molecule has 21 heavy (non-hydrogen) atoms. The van der Waals surface area contributed by atoms with Gasteiger partial charge in [0.2, 0.25) is 5.95 Å². The summed E-state index contributed by atoms with van der Waals surface area (Å²) < 4.78 is 0. The molecule has 0 radical (unpaired) electrons. The Labute approximate surface area is 130 Å². The first-order valence-electron chi connectivity index (χ1n) is 8.04. The Morgan fingerprint density at radius 3 is 2.67 bits per heavy atom. The first-order chi connectivity index (χ1) is 10.4. The van der Waals surface area contributed by atoms with Crippen molar-refractivity contribution in [2.45, 2.75) is 44.6 Å². The Bertz CT molecular complexity index is 577. The molecule has 2 aromatic rings. The lowest BCUT2D eigenvalue weighted by Crippen LogP contribution is -2.47. The highest BCUT2D eigenvalue weighted by molar-refractivity contribution is 7.13. The number of rotatable bonds is 2. The molecule has 2 atom stereocenters. The lowest BCUT2D eigenvalue weighted by molar-refractivity contribution is 0.241. The van der Waals surface area contributed by atoms with E-state index in [1.165, 1.54) is 43.4 Å². The number of anilines is 1. The highest BCUT2D eigenvalue weighted by Gasteiger charge is 2.34. The van der Waals surface area contributed by atoms with Gasteiger partial charge in [-0.1, -0.05) is 18.9 Å². The fraction of sp³-hybridized carbons (Fsp3) is 0.529. The molecule has 1 saturated heterocycles. The molecule has 0 amide bonds. The second-order valence-electron chi connectivity index (χ2n) is 6.20. The van der Waals surface area contributed by atoms with Crippen LogP contribution in [0.5, 0.6) is 0 Å². The zero-order valence-corrected chi connectivity index (χ0v) is 13.1. The third-order valence-corrected chi connectivity index (χ3v) is 5.86. The van der Waals surface area contributed by atoms with Crippen LogP contribution in [0.1, 0.15) is 38.5 Å². The average molecular weight is 299 g/mol. The van der Waals surface area contributed by atoms with E-state index in [9.17, 15) is 0 Å². The number of aromatic nitrogens is 2. The fourth-order valence-corrected chi connectivity index (χ4v) is 4.62. The SMILES string of the molecule is c1csc(-c2cnc(N3CCCC4CCCCC43)nc2)c1. The topological polar surface area (TPSA) is 29.0 Å². The van der Waals surface area contributed by atoms with Crippen LogP contribution in [-0.4, -0.2) is 22.6 Å². The van der Waals surface area contributed by atoms with E-state index in [2.05, 4.69) is 32.4 Å². The maximum absolute atomic E-state index is 4.67. The first kappa shape index (κ1) is 13.3. The second-order valence-corrected chi connectivity index (χ2v) is 7.14. The molecule has 1 aliphatic heterocycles. The minimum absolute atomic E-state index is 0.681. The molecule has 0 spiro atoms. The molecular weight excluding hydrogens is 278 g/mol. The van der Waals surface area contributed by atoms with E-state index in [1.807, 2.05) is 12.4 Å². The number of hydrogen-bond donors (Lipinski definition) is 0. The Morgan fingerprint density at radius 1 is 1.05 bits per heavy atom. The molecule has 0 N–H and O–H groups in total. The zero-order valence-electron chi connectivity index (χ0n) is 12.2. The normalized spacial score (nSPS) is 25.6. The van der Waals surface area contributed by atoms with E-state index < -0.39 is 0 Å². The van der Waals surface area contributed by atoms with Crippen LogP contribution >= 0.6 is 11.3 Å². The van der Waals surface area contributed by atoms with E-state index in [0.29, 0.717) is 6.04 Å². The van der Waals surface area contributed by atoms with Gasteiger partial charge < -0.3 is 4.90 Å². The number of piperidine rings is 1. The quantitative estimate of drug-likeness (QED) is 0.825. The van der Waals surface area contributed by atoms with Gasteiger partial charge in [0, 0.05) is 35.4 Å². The van der Waals surface area contributed by atoms with Gasteiger partial charge in [0.25, 0.3) is 0 Å². The summed E-state index contributed by atoms with van der Waals surface area (Å²) in [6.07, 6.45) is 12.2. The number of thiophene rings is 1. The van der Waals surface area contributed by atoms with Crippen LogP contribution in [0.2, 0.25) is 0 Å². The summed E-state index contributed by atoms with van der Waals surface area (Å²) in [5.74, 6) is 1.81. The van der Waals surface area contributed by atoms with E-state index in [0.717, 1.165) is 24.0 Å². The molecule has 2 fully saturated rings. The predicted octanol–water partition coefficient (Wildman–Crippen LogP) is 4.36. The summed E-state index contributed by atoms with van der Waals surface area (Å²) in [6.45, 7) is 1.12. The maximum atomic E-state index is 4.67. The largest absolute Gasteiger partial charge is 0.338 e. The van der Waals surface area contributed by atoms with Gasteiger partial charge in [-0.15, -0.1) is 11.3 Å². The molecule has 2 aromatic heterocycles. The van der Waals surface area contributed by atoms with Gasteiger partial charge in [-0.2, -0.15) is 0 Å². The molecule has 0 aromatic carbocycles. The Hall–Kier alpha value is -1.42. The molecule has 3 heterocycles. The number of hydrogen-bond acceptors (Lipinski definition) is 4. The smallest absolute Gasteiger partial charge is 0.225 e. The van der Waals surface area contributed by atoms with Gasteiger partial charge in [0.05, 0.1) is 0 Å². The fourth-order valence-electron chi connectivity index (χ4n) is 3.91. The molecule has 110 valence electrons. The van der Waals surface area contributed by atoms with E-state index in [1.54, 1.807) is 11.3 Å². The number of nitrogens with zero attached hydrogens (tertiary/aromatic N) is 3. The van der Waals surface area contributed by atoms with Gasteiger partial charge in [0.1, 0.15) is 0 Å². The van der Waals surface area contributed by atoms with Crippen LogP contribution in [0.4, 0.5) is 5.95 Å². The van der Waals surface area contributed by atoms with Crippen molar-refractivity contribution in [3.63, 3.8) is 0 Å². The van der Waals surface area contributed by atoms with E-state index in [-0.39, 0.29) is 0 Å². The Balaban J connectivity index is 1.57. The molecule has 4 heteroatoms. The van der Waals surface area contributed by atoms with Crippen LogP contribution in [0.25, 0.3) is 10.4 Å². The minimum atomic E-state index is 0.681. The van der Waals surface area contributed by atoms with Gasteiger partial charge in [-0.25, -0.2) is 9.97 Å². The zero-order chi connectivity index (χ0) is 14.1. The standard InChI is InChI=1S/C17H21N3S/c1-2-7-15-13(5-1)6-3-9-20(15)17-18-11-14(12-19-17)16-8-4-10-21-16/h4,8,10-13,15H,1-3,5-7,9H2. The van der Waals surface area contributed by atoms with Crippen molar-refractivity contribution in [3.05, 3.63) is 29.9 Å². The summed E-state index contributed by atoms with van der Waals surface area (Å²) in [5, 5.41) is 2.10. The third kappa shape index (κ3) is 2.57. The van der Waals surface area contributed by atoms with Crippen LogP contribution in [0, 0.1) is 5.92 Å². The minimum Gasteiger partial charge on any atom is -0.338 e. The third-order valence-electron chi connectivity index (χ3n) is 4.94. The predicted molar refractivity (Wildman–Crippen MR) is 87.7 cm³/mol. The van der Waals surface area contributed by atoms with Gasteiger partial charge in [-0.05, 0) is 43.0 Å². The molecule has 0 bridgehead atoms. The molecule has 4 rings (SSSR count). The van der Waals surface area contributed by atoms with Gasteiger partial charge in [-0.3, -0.25) is 0 Å². The lowest BCUT2D eigenvalue weighted by Gasteiger charge is -2.44. The molecular formula is C17H21N3S. The van der Waals surface area contributed by atoms with Crippen molar-refractivity contribution >= 4 is 17.3 Å². The second kappa shape index (κ2) is 5.76. The Morgan fingerprint density at radius 2 is 1.86 bits per heavy atom. The molecule has 2 unspecified atom stereocenters. The highest BCUT2D eigenvalue weighted by atomic mass is 32.1. The van der Waals surface area contributed by atoms with Crippen LogP contribution in [0.15, 0.2) is 29.9 Å². The van der Waals surface area contributed by atoms with Crippen LogP contribution in [0.3, 0.4) is 0 Å². The molecule has 1 saturated carbocycles. The van der Waals surface area contributed by atoms with Crippen molar-refractivity contribution in [3.8, 4) is 10.4 Å². The summed E-state index contributed by atoms with van der Waals surface area (Å²) in [7, 11) is 0. The van der Waals surface area contributed by atoms with Crippen molar-refractivity contribution in [2.75, 3.05) is 11.4 Å². The maximum Gasteiger partial charge on any atom is 0.225 e. The molecule has 2 aliphatic rings. The summed E-state index contributed by atoms with van der Waals surface area (Å²) >= 11 is 1.74. The number of fused-ring (bicyclic) bond motifs is 1. The summed E-state index contributed by atoms with van der Waals surface area (Å²) in [4.78, 5) is 13.1. The Kier molecular flexibility index (Phi) is 3.63. The summed E-state index contributed by atoms with van der Waals surface area (Å²) in [5.41, 5.74) is 1.13.